The number of carboxylic acid groups (broad SMARTS) is 1. The van der Waals surface area contributed by atoms with E-state index in [1.165, 1.54) is 18.3 Å². The predicted molar refractivity (Wildman–Crippen MR) is 79.7 cm³/mol. The maximum absolute atomic E-state index is 11.8. The van der Waals surface area contributed by atoms with Gasteiger partial charge in [-0.15, -0.1) is 0 Å². The minimum atomic E-state index is -1.02. The third-order valence-corrected chi connectivity index (χ3v) is 2.85. The number of carbonyl (C=O) groups is 2. The zero-order valence-corrected chi connectivity index (χ0v) is 12.7. The topological polar surface area (TPSA) is 105 Å². The fourth-order valence-electron chi connectivity index (χ4n) is 2.07. The van der Waals surface area contributed by atoms with Crippen LogP contribution in [0.1, 0.15) is 49.7 Å². The lowest BCUT2D eigenvalue weighted by Gasteiger charge is -2.22. The van der Waals surface area contributed by atoms with Gasteiger partial charge < -0.3 is 16.2 Å². The first kappa shape index (κ1) is 17.1. The van der Waals surface area contributed by atoms with E-state index >= 15 is 0 Å². The van der Waals surface area contributed by atoms with Gasteiger partial charge in [0, 0.05) is 18.7 Å². The molecule has 6 heteroatoms. The molecule has 0 aliphatic rings. The van der Waals surface area contributed by atoms with Crippen molar-refractivity contribution >= 4 is 11.9 Å². The molecule has 21 heavy (non-hydrogen) atoms. The van der Waals surface area contributed by atoms with Crippen molar-refractivity contribution in [1.82, 2.24) is 10.3 Å². The Morgan fingerprint density at radius 3 is 2.67 bits per heavy atom. The quantitative estimate of drug-likeness (QED) is 0.738. The highest BCUT2D eigenvalue weighted by Gasteiger charge is 2.18. The van der Waals surface area contributed by atoms with E-state index in [0.717, 1.165) is 6.42 Å². The molecule has 0 aliphatic carbocycles. The molecule has 0 radical (unpaired) electrons. The Morgan fingerprint density at radius 2 is 2.10 bits per heavy atom. The second-order valence-electron chi connectivity index (χ2n) is 6.35. The Hall–Kier alpha value is -1.95. The first-order chi connectivity index (χ1) is 9.67. The predicted octanol–water partition coefficient (Wildman–Crippen LogP) is 1.55. The van der Waals surface area contributed by atoms with Crippen LogP contribution in [-0.4, -0.2) is 28.0 Å². The number of amides is 1. The first-order valence-electron chi connectivity index (χ1n) is 6.88. The number of nitrogens with two attached hydrogens (primary N) is 1. The van der Waals surface area contributed by atoms with Gasteiger partial charge >= 0.3 is 5.97 Å². The Labute approximate surface area is 124 Å². The van der Waals surface area contributed by atoms with Gasteiger partial charge in [-0.2, -0.15) is 0 Å². The molecule has 0 saturated carbocycles. The monoisotopic (exact) mass is 293 g/mol. The molecule has 1 rings (SSSR count). The van der Waals surface area contributed by atoms with Crippen molar-refractivity contribution in [3.05, 3.63) is 29.6 Å². The molecule has 4 N–H and O–H groups in total. The molecule has 116 valence electrons. The Morgan fingerprint density at radius 1 is 1.43 bits per heavy atom. The molecule has 0 aliphatic heterocycles. The highest BCUT2D eigenvalue weighted by atomic mass is 16.4. The van der Waals surface area contributed by atoms with Crippen molar-refractivity contribution < 1.29 is 14.7 Å². The molecule has 1 aromatic rings. The number of aromatic nitrogens is 1. The van der Waals surface area contributed by atoms with Crippen LogP contribution in [0.2, 0.25) is 0 Å². The molecule has 1 unspecified atom stereocenters. The van der Waals surface area contributed by atoms with Gasteiger partial charge in [-0.3, -0.25) is 9.78 Å². The van der Waals surface area contributed by atoms with Crippen molar-refractivity contribution in [1.29, 1.82) is 0 Å². The van der Waals surface area contributed by atoms with E-state index in [0.29, 0.717) is 5.69 Å². The lowest BCUT2D eigenvalue weighted by Crippen LogP contribution is -2.34. The number of nitrogens with one attached hydrogen (secondary N) is 1. The fourth-order valence-corrected chi connectivity index (χ4v) is 2.07. The summed E-state index contributed by atoms with van der Waals surface area (Å²) in [5, 5.41) is 11.6. The zero-order chi connectivity index (χ0) is 16.0. The van der Waals surface area contributed by atoms with Gasteiger partial charge in [0.2, 0.25) is 5.91 Å². The molecule has 1 aromatic heterocycles. The van der Waals surface area contributed by atoms with Crippen molar-refractivity contribution in [3.8, 4) is 0 Å². The number of nitrogens with zero attached hydrogens (tertiary/aromatic N) is 1. The number of aromatic carboxylic acids is 1. The number of hydrogen-bond donors (Lipinski definition) is 3. The van der Waals surface area contributed by atoms with E-state index in [9.17, 15) is 9.59 Å². The second kappa shape index (κ2) is 7.17. The molecule has 1 amide bonds. The van der Waals surface area contributed by atoms with Crippen LogP contribution < -0.4 is 11.1 Å². The average molecular weight is 293 g/mol. The van der Waals surface area contributed by atoms with E-state index in [-0.39, 0.29) is 35.9 Å². The molecule has 0 bridgehead atoms. The van der Waals surface area contributed by atoms with Crippen LogP contribution in [0.5, 0.6) is 0 Å². The summed E-state index contributed by atoms with van der Waals surface area (Å²) in [4.78, 5) is 26.7. The molecular weight excluding hydrogens is 270 g/mol. The molecule has 6 nitrogen and oxygen atoms in total. The molecular formula is C15H23N3O3. The summed E-state index contributed by atoms with van der Waals surface area (Å²) in [6, 6.07) is 2.66. The highest BCUT2D eigenvalue weighted by Crippen LogP contribution is 2.20. The fraction of sp³-hybridized carbons (Fsp3) is 0.533. The van der Waals surface area contributed by atoms with E-state index in [1.54, 1.807) is 0 Å². The van der Waals surface area contributed by atoms with E-state index in [4.69, 9.17) is 10.8 Å². The zero-order valence-electron chi connectivity index (χ0n) is 12.7. The number of hydrogen-bond acceptors (Lipinski definition) is 4. The smallest absolute Gasteiger partial charge is 0.335 e. The molecule has 1 atom stereocenters. The Kier molecular flexibility index (Phi) is 5.84. The number of rotatable bonds is 6. The maximum atomic E-state index is 11.8. The van der Waals surface area contributed by atoms with Crippen molar-refractivity contribution in [2.45, 2.75) is 46.2 Å². The summed E-state index contributed by atoms with van der Waals surface area (Å²) in [5.41, 5.74) is 6.68. The van der Waals surface area contributed by atoms with E-state index < -0.39 is 5.97 Å². The van der Waals surface area contributed by atoms with Crippen LogP contribution in [0.25, 0.3) is 0 Å². The summed E-state index contributed by atoms with van der Waals surface area (Å²) >= 11 is 0. The van der Waals surface area contributed by atoms with Gasteiger partial charge in [0.15, 0.2) is 0 Å². The number of pyridine rings is 1. The van der Waals surface area contributed by atoms with Gasteiger partial charge in [-0.05, 0) is 24.0 Å². The van der Waals surface area contributed by atoms with Crippen LogP contribution in [0, 0.1) is 5.41 Å². The minimum absolute atomic E-state index is 0.0804. The van der Waals surface area contributed by atoms with E-state index in [1.807, 2.05) is 0 Å². The Bertz CT molecular complexity index is 509. The van der Waals surface area contributed by atoms with Crippen molar-refractivity contribution in [2.24, 2.45) is 11.1 Å². The standard InChI is InChI=1S/C15H23N3O3/c1-15(2,3)8-11(16)7-13(19)18-9-12-6-10(14(20)21)4-5-17-12/h4-6,11H,7-9,16H2,1-3H3,(H,18,19)(H,20,21). The molecule has 0 fully saturated rings. The summed E-state index contributed by atoms with van der Waals surface area (Å²) in [6.45, 7) is 6.42. The van der Waals surface area contributed by atoms with Crippen molar-refractivity contribution in [2.75, 3.05) is 0 Å². The van der Waals surface area contributed by atoms with Gasteiger partial charge in [0.05, 0.1) is 17.8 Å². The summed E-state index contributed by atoms with van der Waals surface area (Å²) < 4.78 is 0. The molecule has 0 saturated heterocycles. The Balaban J connectivity index is 2.46. The summed E-state index contributed by atoms with van der Waals surface area (Å²) in [6.07, 6.45) is 2.42. The SMILES string of the molecule is CC(C)(C)CC(N)CC(=O)NCc1cc(C(=O)O)ccn1. The van der Waals surface area contributed by atoms with Crippen LogP contribution in [0.4, 0.5) is 0 Å². The van der Waals surface area contributed by atoms with Gasteiger partial charge in [0.25, 0.3) is 0 Å². The maximum Gasteiger partial charge on any atom is 0.335 e. The number of carboxylic acids is 1. The van der Waals surface area contributed by atoms with Crippen LogP contribution in [0.3, 0.4) is 0 Å². The third kappa shape index (κ3) is 6.85. The lowest BCUT2D eigenvalue weighted by molar-refractivity contribution is -0.121. The highest BCUT2D eigenvalue weighted by molar-refractivity contribution is 5.87. The van der Waals surface area contributed by atoms with Gasteiger partial charge in [-0.1, -0.05) is 20.8 Å². The first-order valence-corrected chi connectivity index (χ1v) is 6.88. The average Bonchev–Trinajstić information content (AvgIpc) is 2.34. The molecule has 0 aromatic carbocycles. The largest absolute Gasteiger partial charge is 0.478 e. The third-order valence-electron chi connectivity index (χ3n) is 2.85. The number of carbonyl (C=O) groups excluding carboxylic acids is 1. The van der Waals surface area contributed by atoms with Crippen molar-refractivity contribution in [3.63, 3.8) is 0 Å². The molecule has 1 heterocycles. The molecule has 0 spiro atoms. The van der Waals surface area contributed by atoms with Crippen LogP contribution >= 0.6 is 0 Å². The van der Waals surface area contributed by atoms with Gasteiger partial charge in [0.1, 0.15) is 0 Å². The van der Waals surface area contributed by atoms with Gasteiger partial charge in [-0.25, -0.2) is 4.79 Å². The van der Waals surface area contributed by atoms with Crippen LogP contribution in [-0.2, 0) is 11.3 Å². The van der Waals surface area contributed by atoms with Crippen LogP contribution in [0.15, 0.2) is 18.3 Å². The van der Waals surface area contributed by atoms with E-state index in [2.05, 4.69) is 31.1 Å². The second-order valence-corrected chi connectivity index (χ2v) is 6.35. The normalized spacial score (nSPS) is 12.8. The summed E-state index contributed by atoms with van der Waals surface area (Å²) in [7, 11) is 0. The minimum Gasteiger partial charge on any atom is -0.478 e. The summed E-state index contributed by atoms with van der Waals surface area (Å²) in [5.74, 6) is -1.17. The lowest BCUT2D eigenvalue weighted by atomic mass is 9.87.